The van der Waals surface area contributed by atoms with Gasteiger partial charge >= 0.3 is 0 Å². The third kappa shape index (κ3) is 5.70. The first kappa shape index (κ1) is 21.9. The monoisotopic (exact) mass is 442 g/mol. The molecule has 31 heavy (non-hydrogen) atoms. The number of phenols is 1. The van der Waals surface area contributed by atoms with E-state index in [2.05, 4.69) is 26.1 Å². The third-order valence-corrected chi connectivity index (χ3v) is 6.64. The minimum Gasteiger partial charge on any atom is -0.508 e. The predicted octanol–water partition coefficient (Wildman–Crippen LogP) is 3.12. The van der Waals surface area contributed by atoms with Crippen molar-refractivity contribution < 1.29 is 9.90 Å². The average Bonchev–Trinajstić information content (AvgIpc) is 3.31. The van der Waals surface area contributed by atoms with E-state index in [1.54, 1.807) is 12.1 Å². The van der Waals surface area contributed by atoms with E-state index in [1.165, 1.54) is 12.8 Å². The Kier molecular flexibility index (Phi) is 7.33. The van der Waals surface area contributed by atoms with Gasteiger partial charge in [0.05, 0.1) is 12.6 Å². The molecular formula is C24H31ClN4O2. The van der Waals surface area contributed by atoms with Crippen LogP contribution >= 0.6 is 11.6 Å². The van der Waals surface area contributed by atoms with Crippen molar-refractivity contribution in [2.24, 2.45) is 0 Å². The second kappa shape index (κ2) is 10.4. The van der Waals surface area contributed by atoms with Gasteiger partial charge < -0.3 is 15.3 Å². The number of likely N-dealkylation sites (tertiary alicyclic amines) is 1. The van der Waals surface area contributed by atoms with E-state index >= 15 is 0 Å². The molecule has 2 aliphatic rings. The smallest absolute Gasteiger partial charge is 0.234 e. The zero-order valence-corrected chi connectivity index (χ0v) is 18.6. The standard InChI is InChI=1S/C24H31ClN4O2/c25-22-6-2-1-5-21(22)23(29-11-3-4-12-29)17-26-24(31)18-27-13-15-28(16-14-27)19-7-9-20(30)10-8-19/h1-2,5-10,23,30H,3-4,11-18H2,(H,26,31). The Labute approximate surface area is 189 Å². The van der Waals surface area contributed by atoms with Gasteiger partial charge in [0.1, 0.15) is 5.75 Å². The molecule has 0 spiro atoms. The van der Waals surface area contributed by atoms with E-state index in [4.69, 9.17) is 11.6 Å². The lowest BCUT2D eigenvalue weighted by Crippen LogP contribution is -2.50. The number of phenolic OH excluding ortho intramolecular Hbond substituents is 1. The number of amides is 1. The quantitative estimate of drug-likeness (QED) is 0.690. The van der Waals surface area contributed by atoms with Crippen LogP contribution in [0.5, 0.6) is 5.75 Å². The molecule has 2 aromatic rings. The molecule has 2 aliphatic heterocycles. The van der Waals surface area contributed by atoms with E-state index in [-0.39, 0.29) is 17.7 Å². The third-order valence-electron chi connectivity index (χ3n) is 6.29. The largest absolute Gasteiger partial charge is 0.508 e. The van der Waals surface area contributed by atoms with Gasteiger partial charge in [-0.25, -0.2) is 0 Å². The Balaban J connectivity index is 1.28. The van der Waals surface area contributed by atoms with E-state index in [1.807, 2.05) is 30.3 Å². The van der Waals surface area contributed by atoms with E-state index < -0.39 is 0 Å². The van der Waals surface area contributed by atoms with Crippen molar-refractivity contribution in [3.05, 3.63) is 59.1 Å². The molecule has 2 aromatic carbocycles. The van der Waals surface area contributed by atoms with Crippen LogP contribution in [0.3, 0.4) is 0 Å². The summed E-state index contributed by atoms with van der Waals surface area (Å²) in [7, 11) is 0. The first-order valence-corrected chi connectivity index (χ1v) is 11.5. The molecule has 7 heteroatoms. The summed E-state index contributed by atoms with van der Waals surface area (Å²) in [6.07, 6.45) is 2.39. The van der Waals surface area contributed by atoms with Crippen LogP contribution in [-0.2, 0) is 4.79 Å². The number of halogens is 1. The molecule has 0 aliphatic carbocycles. The Morgan fingerprint density at radius 3 is 2.32 bits per heavy atom. The summed E-state index contributed by atoms with van der Waals surface area (Å²) in [5.74, 6) is 0.345. The highest BCUT2D eigenvalue weighted by atomic mass is 35.5. The van der Waals surface area contributed by atoms with Gasteiger partial charge in [-0.2, -0.15) is 0 Å². The highest BCUT2D eigenvalue weighted by Gasteiger charge is 2.26. The van der Waals surface area contributed by atoms with Crippen LogP contribution < -0.4 is 10.2 Å². The SMILES string of the molecule is O=C(CN1CCN(c2ccc(O)cc2)CC1)NCC(c1ccccc1Cl)N1CCCC1. The fourth-order valence-corrected chi connectivity index (χ4v) is 4.79. The van der Waals surface area contributed by atoms with E-state index in [0.29, 0.717) is 13.1 Å². The van der Waals surface area contributed by atoms with Crippen LogP contribution in [0, 0.1) is 0 Å². The Hall–Kier alpha value is -2.28. The molecule has 0 saturated carbocycles. The van der Waals surface area contributed by atoms with Gasteiger partial charge in [-0.15, -0.1) is 0 Å². The molecule has 6 nitrogen and oxygen atoms in total. The molecule has 1 atom stereocenters. The summed E-state index contributed by atoms with van der Waals surface area (Å²) < 4.78 is 0. The van der Waals surface area contributed by atoms with Crippen LogP contribution in [0.2, 0.25) is 5.02 Å². The number of rotatable bonds is 7. The summed E-state index contributed by atoms with van der Waals surface area (Å²) in [6, 6.07) is 15.4. The lowest BCUT2D eigenvalue weighted by molar-refractivity contribution is -0.122. The van der Waals surface area contributed by atoms with E-state index in [9.17, 15) is 9.90 Å². The van der Waals surface area contributed by atoms with Crippen LogP contribution in [0.25, 0.3) is 0 Å². The number of carbonyl (C=O) groups excluding carboxylic acids is 1. The van der Waals surface area contributed by atoms with Crippen molar-refractivity contribution in [3.63, 3.8) is 0 Å². The van der Waals surface area contributed by atoms with Crippen molar-refractivity contribution in [2.45, 2.75) is 18.9 Å². The van der Waals surface area contributed by atoms with Gasteiger partial charge in [0, 0.05) is 43.4 Å². The Morgan fingerprint density at radius 1 is 0.968 bits per heavy atom. The number of nitrogens with one attached hydrogen (secondary N) is 1. The zero-order valence-electron chi connectivity index (χ0n) is 17.8. The summed E-state index contributed by atoms with van der Waals surface area (Å²) in [5.41, 5.74) is 2.20. The number of benzene rings is 2. The summed E-state index contributed by atoms with van der Waals surface area (Å²) in [5, 5.41) is 13.4. The molecule has 0 radical (unpaired) electrons. The van der Waals surface area contributed by atoms with Crippen molar-refractivity contribution in [2.75, 3.05) is 57.3 Å². The molecule has 1 amide bonds. The molecule has 1 unspecified atom stereocenters. The van der Waals surface area contributed by atoms with Gasteiger partial charge in [-0.1, -0.05) is 29.8 Å². The summed E-state index contributed by atoms with van der Waals surface area (Å²) >= 11 is 6.48. The van der Waals surface area contributed by atoms with Gasteiger partial charge in [0.2, 0.25) is 5.91 Å². The van der Waals surface area contributed by atoms with Gasteiger partial charge in [-0.05, 0) is 61.8 Å². The lowest BCUT2D eigenvalue weighted by Gasteiger charge is -2.36. The minimum absolute atomic E-state index is 0.0642. The fraction of sp³-hybridized carbons (Fsp3) is 0.458. The number of carbonyl (C=O) groups is 1. The fourth-order valence-electron chi connectivity index (χ4n) is 4.53. The molecule has 0 bridgehead atoms. The summed E-state index contributed by atoms with van der Waals surface area (Å²) in [4.78, 5) is 19.6. The molecule has 2 heterocycles. The molecule has 4 rings (SSSR count). The number of nitrogens with zero attached hydrogens (tertiary/aromatic N) is 3. The normalized spacial score (nSPS) is 18.8. The van der Waals surface area contributed by atoms with Crippen molar-refractivity contribution in [1.29, 1.82) is 0 Å². The topological polar surface area (TPSA) is 59.1 Å². The maximum Gasteiger partial charge on any atom is 0.234 e. The molecule has 0 aromatic heterocycles. The minimum atomic E-state index is 0.0642. The maximum absolute atomic E-state index is 12.7. The van der Waals surface area contributed by atoms with Crippen molar-refractivity contribution in [1.82, 2.24) is 15.1 Å². The Morgan fingerprint density at radius 2 is 1.65 bits per heavy atom. The van der Waals surface area contributed by atoms with Gasteiger partial charge in [0.25, 0.3) is 0 Å². The van der Waals surface area contributed by atoms with Crippen LogP contribution in [-0.4, -0.2) is 73.2 Å². The molecule has 2 saturated heterocycles. The zero-order chi connectivity index (χ0) is 21.6. The molecule has 2 fully saturated rings. The first-order valence-electron chi connectivity index (χ1n) is 11.1. The number of anilines is 1. The van der Waals surface area contributed by atoms with Crippen molar-refractivity contribution in [3.8, 4) is 5.75 Å². The number of hydrogen-bond acceptors (Lipinski definition) is 5. The maximum atomic E-state index is 12.7. The second-order valence-electron chi connectivity index (χ2n) is 8.36. The lowest BCUT2D eigenvalue weighted by atomic mass is 10.1. The first-order chi connectivity index (χ1) is 15.1. The number of piperazine rings is 1. The highest BCUT2D eigenvalue weighted by Crippen LogP contribution is 2.29. The predicted molar refractivity (Wildman–Crippen MR) is 125 cm³/mol. The number of hydrogen-bond donors (Lipinski definition) is 2. The van der Waals surface area contributed by atoms with Crippen LogP contribution in [0.4, 0.5) is 5.69 Å². The van der Waals surface area contributed by atoms with Crippen LogP contribution in [0.1, 0.15) is 24.4 Å². The average molecular weight is 443 g/mol. The van der Waals surface area contributed by atoms with Gasteiger partial charge in [-0.3, -0.25) is 14.6 Å². The number of aromatic hydroxyl groups is 1. The van der Waals surface area contributed by atoms with Crippen molar-refractivity contribution >= 4 is 23.2 Å². The summed E-state index contributed by atoms with van der Waals surface area (Å²) in [6.45, 7) is 6.51. The molecule has 2 N–H and O–H groups in total. The molecular weight excluding hydrogens is 412 g/mol. The highest BCUT2D eigenvalue weighted by molar-refractivity contribution is 6.31. The van der Waals surface area contributed by atoms with E-state index in [0.717, 1.165) is 55.5 Å². The molecule has 166 valence electrons. The van der Waals surface area contributed by atoms with Crippen LogP contribution in [0.15, 0.2) is 48.5 Å². The second-order valence-corrected chi connectivity index (χ2v) is 8.77. The Bertz CT molecular complexity index is 862. The van der Waals surface area contributed by atoms with Gasteiger partial charge in [0.15, 0.2) is 0 Å².